The van der Waals surface area contributed by atoms with Crippen molar-refractivity contribution in [1.82, 2.24) is 14.5 Å². The van der Waals surface area contributed by atoms with Gasteiger partial charge in [0.15, 0.2) is 0 Å². The van der Waals surface area contributed by atoms with Crippen LogP contribution in [0.4, 0.5) is 22.0 Å². The second-order valence-corrected chi connectivity index (χ2v) is 9.13. The van der Waals surface area contributed by atoms with Crippen LogP contribution in [0.15, 0.2) is 61.3 Å². The highest BCUT2D eigenvalue weighted by molar-refractivity contribution is 6.11. The first-order valence-corrected chi connectivity index (χ1v) is 12.3. The minimum atomic E-state index is -0.307. The fourth-order valence-electron chi connectivity index (χ4n) is 4.78. The Morgan fingerprint density at radius 1 is 1.15 bits per heavy atom. The fraction of sp³-hybridized carbons (Fsp3) is 0.172. The molecule has 0 radical (unpaired) electrons. The number of hydrogen-bond donors (Lipinski definition) is 3. The number of carbonyl (C=O) groups excluding carboxylic acids is 2. The zero-order valence-electron chi connectivity index (χ0n) is 21.6. The van der Waals surface area contributed by atoms with Crippen LogP contribution in [-0.2, 0) is 11.8 Å². The number of benzene rings is 2. The van der Waals surface area contributed by atoms with Crippen molar-refractivity contribution < 1.29 is 14.3 Å². The van der Waals surface area contributed by atoms with Crippen LogP contribution < -0.4 is 21.1 Å². The number of anilines is 3. The topological polar surface area (TPSA) is 138 Å². The number of pyridine rings is 1. The summed E-state index contributed by atoms with van der Waals surface area (Å²) >= 11 is 0. The lowest BCUT2D eigenvalue weighted by Gasteiger charge is -2.31. The van der Waals surface area contributed by atoms with E-state index in [1.54, 1.807) is 30.2 Å². The summed E-state index contributed by atoms with van der Waals surface area (Å²) in [6.45, 7) is 4.95. The first kappa shape index (κ1) is 25.4. The summed E-state index contributed by atoms with van der Waals surface area (Å²) in [5.74, 6) is 0.457. The minimum absolute atomic E-state index is 0.172. The number of nitrogens with zero attached hydrogens (tertiary/aromatic N) is 4. The number of likely N-dealkylation sites (tertiary alicyclic amines) is 1. The molecule has 0 unspecified atom stereocenters. The molecular weight excluding hydrogens is 494 g/mol. The van der Waals surface area contributed by atoms with Gasteiger partial charge in [-0.2, -0.15) is 5.26 Å². The number of nitrogens with two attached hydrogens (primary N) is 1. The Bertz CT molecular complexity index is 1660. The molecule has 1 saturated heterocycles. The average Bonchev–Trinajstić information content (AvgIpc) is 3.22. The molecule has 2 aromatic carbocycles. The number of aromatic nitrogens is 2. The Morgan fingerprint density at radius 3 is 2.49 bits per heavy atom. The monoisotopic (exact) mass is 521 g/mol. The summed E-state index contributed by atoms with van der Waals surface area (Å²) < 4.78 is 7.58. The van der Waals surface area contributed by atoms with Crippen LogP contribution in [-0.4, -0.2) is 46.6 Å². The van der Waals surface area contributed by atoms with Crippen LogP contribution in [0.2, 0.25) is 0 Å². The Labute approximate surface area is 225 Å². The number of fused-ring (bicyclic) bond motifs is 1. The van der Waals surface area contributed by atoms with Crippen molar-refractivity contribution in [3.05, 3.63) is 66.9 Å². The van der Waals surface area contributed by atoms with Gasteiger partial charge in [0.25, 0.3) is 0 Å². The molecule has 1 fully saturated rings. The molecule has 10 nitrogen and oxygen atoms in total. The number of hydrogen-bond acceptors (Lipinski definition) is 6. The van der Waals surface area contributed by atoms with Gasteiger partial charge in [-0.3, -0.25) is 4.79 Å². The molecular formula is C29H27N7O3. The lowest BCUT2D eigenvalue weighted by Crippen LogP contribution is -2.44. The number of carbonyl (C=O) groups is 2. The minimum Gasteiger partial charge on any atom is -0.495 e. The third-order valence-corrected chi connectivity index (χ3v) is 6.85. The van der Waals surface area contributed by atoms with Crippen molar-refractivity contribution in [2.75, 3.05) is 36.6 Å². The molecule has 1 aliphatic heterocycles. The lowest BCUT2D eigenvalue weighted by atomic mass is 9.97. The summed E-state index contributed by atoms with van der Waals surface area (Å²) in [6, 6.07) is 14.9. The molecule has 39 heavy (non-hydrogen) atoms. The van der Waals surface area contributed by atoms with Gasteiger partial charge in [0, 0.05) is 37.6 Å². The molecule has 0 saturated carbocycles. The van der Waals surface area contributed by atoms with Crippen molar-refractivity contribution in [1.29, 1.82) is 5.26 Å². The Kier molecular flexibility index (Phi) is 6.64. The molecule has 3 amide bonds. The molecule has 4 N–H and O–H groups in total. The summed E-state index contributed by atoms with van der Waals surface area (Å²) in [5.41, 5.74) is 11.8. The standard InChI is InChI=1S/C29H27N7O3/c1-4-23(37)33-20-9-6-17(7-10-20)26-24(25-27(35(26)2)19(15-30)16-32-28(25)31)18-8-11-21(22(14-18)39-3)34-29(38)36-12-5-13-36/h4,6-11,14,16H,1,5,12-13H2,2-3H3,(H2,31,32)(H,33,37)(H,34,38). The molecule has 0 atom stereocenters. The third-order valence-electron chi connectivity index (χ3n) is 6.85. The molecule has 4 aromatic rings. The zero-order valence-corrected chi connectivity index (χ0v) is 21.6. The van der Waals surface area contributed by atoms with Crippen molar-refractivity contribution >= 4 is 40.0 Å². The van der Waals surface area contributed by atoms with E-state index in [0.717, 1.165) is 41.9 Å². The SMILES string of the molecule is C=CC(=O)Nc1ccc(-c2c(-c3ccc(NC(=O)N4CCC4)c(OC)c3)c3c(N)ncc(C#N)c3n2C)cc1. The third kappa shape index (κ3) is 4.51. The first-order valence-electron chi connectivity index (χ1n) is 12.3. The number of methoxy groups -OCH3 is 1. The average molecular weight is 522 g/mol. The number of nitriles is 1. The van der Waals surface area contributed by atoms with Gasteiger partial charge in [0.1, 0.15) is 17.6 Å². The molecule has 0 aliphatic carbocycles. The van der Waals surface area contributed by atoms with E-state index in [9.17, 15) is 14.9 Å². The van der Waals surface area contributed by atoms with Crippen molar-refractivity contribution in [3.63, 3.8) is 0 Å². The van der Waals surface area contributed by atoms with Gasteiger partial charge in [0.05, 0.1) is 35.0 Å². The smallest absolute Gasteiger partial charge is 0.321 e. The molecule has 0 spiro atoms. The summed E-state index contributed by atoms with van der Waals surface area (Å²) in [4.78, 5) is 30.3. The van der Waals surface area contributed by atoms with Crippen LogP contribution in [0.25, 0.3) is 33.3 Å². The van der Waals surface area contributed by atoms with Crippen molar-refractivity contribution in [2.24, 2.45) is 7.05 Å². The molecule has 2 aromatic heterocycles. The maximum absolute atomic E-state index is 12.5. The van der Waals surface area contributed by atoms with E-state index in [4.69, 9.17) is 10.5 Å². The lowest BCUT2D eigenvalue weighted by molar-refractivity contribution is -0.111. The van der Waals surface area contributed by atoms with Crippen LogP contribution >= 0.6 is 0 Å². The predicted molar refractivity (Wildman–Crippen MR) is 151 cm³/mol. The van der Waals surface area contributed by atoms with E-state index in [1.807, 2.05) is 35.9 Å². The Balaban J connectivity index is 1.68. The zero-order chi connectivity index (χ0) is 27.7. The van der Waals surface area contributed by atoms with E-state index in [0.29, 0.717) is 33.6 Å². The second kappa shape index (κ2) is 10.2. The maximum atomic E-state index is 12.5. The summed E-state index contributed by atoms with van der Waals surface area (Å²) in [5, 5.41) is 16.2. The maximum Gasteiger partial charge on any atom is 0.321 e. The first-order chi connectivity index (χ1) is 18.9. The molecule has 3 heterocycles. The van der Waals surface area contributed by atoms with Crippen molar-refractivity contribution in [2.45, 2.75) is 6.42 Å². The second-order valence-electron chi connectivity index (χ2n) is 9.13. The number of nitrogen functional groups attached to an aromatic ring is 1. The molecule has 0 bridgehead atoms. The fourth-order valence-corrected chi connectivity index (χ4v) is 4.78. The van der Waals surface area contributed by atoms with E-state index >= 15 is 0 Å². The number of ether oxygens (including phenoxy) is 1. The van der Waals surface area contributed by atoms with Crippen LogP contribution in [0, 0.1) is 11.3 Å². The van der Waals surface area contributed by atoms with Gasteiger partial charge in [-0.1, -0.05) is 24.8 Å². The van der Waals surface area contributed by atoms with Gasteiger partial charge in [-0.25, -0.2) is 9.78 Å². The van der Waals surface area contributed by atoms with Gasteiger partial charge < -0.3 is 30.6 Å². The van der Waals surface area contributed by atoms with Gasteiger partial charge in [-0.05, 0) is 47.9 Å². The molecule has 1 aliphatic rings. The van der Waals surface area contributed by atoms with Crippen LogP contribution in [0.5, 0.6) is 5.75 Å². The van der Waals surface area contributed by atoms with Crippen LogP contribution in [0.3, 0.4) is 0 Å². The Morgan fingerprint density at radius 2 is 1.87 bits per heavy atom. The molecule has 10 heteroatoms. The van der Waals surface area contributed by atoms with Crippen molar-refractivity contribution in [3.8, 4) is 34.2 Å². The van der Waals surface area contributed by atoms with E-state index in [-0.39, 0.29) is 17.8 Å². The highest BCUT2D eigenvalue weighted by Gasteiger charge is 2.25. The van der Waals surface area contributed by atoms with E-state index in [2.05, 4.69) is 28.3 Å². The quantitative estimate of drug-likeness (QED) is 0.314. The highest BCUT2D eigenvalue weighted by atomic mass is 16.5. The largest absolute Gasteiger partial charge is 0.495 e. The van der Waals surface area contributed by atoms with Crippen LogP contribution in [0.1, 0.15) is 12.0 Å². The number of urea groups is 1. The Hall–Kier alpha value is -5.30. The van der Waals surface area contributed by atoms with Gasteiger partial charge in [-0.15, -0.1) is 0 Å². The van der Waals surface area contributed by atoms with Gasteiger partial charge >= 0.3 is 6.03 Å². The summed E-state index contributed by atoms with van der Waals surface area (Å²) in [7, 11) is 3.41. The van der Waals surface area contributed by atoms with E-state index in [1.165, 1.54) is 12.3 Å². The number of amides is 3. The van der Waals surface area contributed by atoms with Gasteiger partial charge in [0.2, 0.25) is 5.91 Å². The number of nitrogens with one attached hydrogen (secondary N) is 2. The predicted octanol–water partition coefficient (Wildman–Crippen LogP) is 4.73. The molecule has 196 valence electrons. The number of rotatable bonds is 6. The number of aryl methyl sites for hydroxylation is 1. The molecule has 5 rings (SSSR count). The summed E-state index contributed by atoms with van der Waals surface area (Å²) in [6.07, 6.45) is 3.67. The highest BCUT2D eigenvalue weighted by Crippen LogP contribution is 2.45. The normalized spacial score (nSPS) is 12.4. The van der Waals surface area contributed by atoms with E-state index < -0.39 is 0 Å².